The van der Waals surface area contributed by atoms with Crippen LogP contribution in [-0.2, 0) is 9.59 Å². The first-order valence-corrected chi connectivity index (χ1v) is 10.9. The van der Waals surface area contributed by atoms with Crippen molar-refractivity contribution in [3.8, 4) is 5.88 Å². The van der Waals surface area contributed by atoms with Crippen LogP contribution >= 0.6 is 0 Å². The van der Waals surface area contributed by atoms with Crippen molar-refractivity contribution in [3.05, 3.63) is 54.7 Å². The molecule has 9 heteroatoms. The predicted octanol–water partition coefficient (Wildman–Crippen LogP) is 1.00. The first kappa shape index (κ1) is 22.0. The quantitative estimate of drug-likeness (QED) is 0.530. The van der Waals surface area contributed by atoms with Crippen molar-refractivity contribution in [2.75, 3.05) is 44.7 Å². The van der Waals surface area contributed by atoms with Crippen LogP contribution in [0.4, 0.5) is 5.69 Å². The van der Waals surface area contributed by atoms with E-state index < -0.39 is 17.9 Å². The summed E-state index contributed by atoms with van der Waals surface area (Å²) in [5.74, 6) is -0.890. The van der Waals surface area contributed by atoms with Crippen molar-refractivity contribution in [1.29, 1.82) is 0 Å². The molecule has 32 heavy (non-hydrogen) atoms. The van der Waals surface area contributed by atoms with Gasteiger partial charge in [0.15, 0.2) is 0 Å². The summed E-state index contributed by atoms with van der Waals surface area (Å²) in [6.07, 6.45) is 1.61. The molecule has 2 aliphatic heterocycles. The average Bonchev–Trinajstić information content (AvgIpc) is 2.84. The maximum atomic E-state index is 13.3. The van der Waals surface area contributed by atoms with Crippen LogP contribution in [0.15, 0.2) is 54.7 Å². The fourth-order valence-electron chi connectivity index (χ4n) is 4.34. The molecule has 0 unspecified atom stereocenters. The van der Waals surface area contributed by atoms with E-state index in [9.17, 15) is 14.8 Å². The molecule has 2 amide bonds. The van der Waals surface area contributed by atoms with Crippen molar-refractivity contribution in [1.82, 2.24) is 20.3 Å². The van der Waals surface area contributed by atoms with Crippen LogP contribution < -0.4 is 15.0 Å². The van der Waals surface area contributed by atoms with Gasteiger partial charge < -0.3 is 19.9 Å². The van der Waals surface area contributed by atoms with E-state index >= 15 is 0 Å². The van der Waals surface area contributed by atoms with Gasteiger partial charge in [0, 0.05) is 57.7 Å². The number of aromatic nitrogens is 1. The summed E-state index contributed by atoms with van der Waals surface area (Å²) in [7, 11) is 1.28. The largest absolute Gasteiger partial charge is 0.473 e. The minimum atomic E-state index is -0.730. The lowest BCUT2D eigenvalue weighted by Crippen LogP contribution is -2.62. The fraction of sp³-hybridized carbons (Fsp3) is 0.435. The molecule has 2 aromatic rings. The average molecular weight is 440 g/mol. The molecule has 9 nitrogen and oxygen atoms in total. The monoisotopic (exact) mass is 439 g/mol. The van der Waals surface area contributed by atoms with Gasteiger partial charge in [0.05, 0.1) is 12.0 Å². The molecule has 170 valence electrons. The van der Waals surface area contributed by atoms with Gasteiger partial charge in [-0.2, -0.15) is 0 Å². The Kier molecular flexibility index (Phi) is 6.87. The highest BCUT2D eigenvalue weighted by Gasteiger charge is 2.43. The van der Waals surface area contributed by atoms with E-state index in [2.05, 4.69) is 27.3 Å². The van der Waals surface area contributed by atoms with E-state index in [1.807, 2.05) is 24.3 Å². The van der Waals surface area contributed by atoms with Gasteiger partial charge in [0.1, 0.15) is 6.10 Å². The van der Waals surface area contributed by atoms with Crippen LogP contribution in [0, 0.1) is 5.92 Å². The van der Waals surface area contributed by atoms with Gasteiger partial charge >= 0.3 is 0 Å². The number of ether oxygens (including phenoxy) is 1. The standard InChI is InChI=1S/C23H29N5O4/c1-26(31)22(29)19-15-18(32-20-9-5-6-10-24-20)16-25-21(19)23(30)28-13-11-27(12-14-28)17-7-3-2-4-8-17/h2-10,18-19,21,25,31H,11-16H2,1H3/t18-,19-,21-/m0/s1. The number of benzene rings is 1. The number of hydrogen-bond donors (Lipinski definition) is 2. The van der Waals surface area contributed by atoms with Crippen LogP contribution in [0.2, 0.25) is 0 Å². The number of carbonyl (C=O) groups excluding carboxylic acids is 2. The number of hydrogen-bond acceptors (Lipinski definition) is 7. The first-order valence-electron chi connectivity index (χ1n) is 10.9. The summed E-state index contributed by atoms with van der Waals surface area (Å²) < 4.78 is 5.89. The van der Waals surface area contributed by atoms with E-state index in [1.165, 1.54) is 7.05 Å². The van der Waals surface area contributed by atoms with Crippen molar-refractivity contribution in [3.63, 3.8) is 0 Å². The third-order valence-electron chi connectivity index (χ3n) is 6.02. The highest BCUT2D eigenvalue weighted by atomic mass is 16.5. The molecule has 0 spiro atoms. The third-order valence-corrected chi connectivity index (χ3v) is 6.02. The van der Waals surface area contributed by atoms with Crippen molar-refractivity contribution >= 4 is 17.5 Å². The summed E-state index contributed by atoms with van der Waals surface area (Å²) in [4.78, 5) is 34.3. The normalized spacial score (nSPS) is 23.5. The Bertz CT molecular complexity index is 903. The molecule has 0 saturated carbocycles. The van der Waals surface area contributed by atoms with E-state index in [0.717, 1.165) is 18.8 Å². The second-order valence-corrected chi connectivity index (χ2v) is 8.15. The Hall–Kier alpha value is -3.17. The first-order chi connectivity index (χ1) is 15.5. The topological polar surface area (TPSA) is 98.2 Å². The molecule has 2 aliphatic rings. The lowest BCUT2D eigenvalue weighted by molar-refractivity contribution is -0.169. The number of piperazine rings is 1. The van der Waals surface area contributed by atoms with Crippen LogP contribution in [0.1, 0.15) is 6.42 Å². The van der Waals surface area contributed by atoms with Crippen LogP contribution in [0.3, 0.4) is 0 Å². The van der Waals surface area contributed by atoms with Gasteiger partial charge in [0.2, 0.25) is 11.8 Å². The number of nitrogens with one attached hydrogen (secondary N) is 1. The summed E-state index contributed by atoms with van der Waals surface area (Å²) in [5, 5.41) is 13.5. The molecule has 0 radical (unpaired) electrons. The van der Waals surface area contributed by atoms with Crippen LogP contribution in [0.25, 0.3) is 0 Å². The smallest absolute Gasteiger partial charge is 0.251 e. The lowest BCUT2D eigenvalue weighted by Gasteiger charge is -2.41. The number of para-hydroxylation sites is 1. The number of nitrogens with zero attached hydrogens (tertiary/aromatic N) is 4. The Morgan fingerprint density at radius 1 is 1.09 bits per heavy atom. The number of carbonyl (C=O) groups is 2. The van der Waals surface area contributed by atoms with E-state index in [4.69, 9.17) is 4.74 Å². The molecule has 4 rings (SSSR count). The Balaban J connectivity index is 1.41. The molecule has 3 heterocycles. The highest BCUT2D eigenvalue weighted by molar-refractivity contribution is 5.90. The SMILES string of the molecule is CN(O)C(=O)[C@H]1C[C@H](Oc2ccccn2)CN[C@@H]1C(=O)N1CCN(c2ccccc2)CC1. The summed E-state index contributed by atoms with van der Waals surface area (Å²) in [6.45, 7) is 3.03. The molecule has 0 bridgehead atoms. The molecule has 0 aliphatic carbocycles. The second-order valence-electron chi connectivity index (χ2n) is 8.15. The van der Waals surface area contributed by atoms with Crippen molar-refractivity contribution < 1.29 is 19.5 Å². The van der Waals surface area contributed by atoms with Crippen LogP contribution in [0.5, 0.6) is 5.88 Å². The molecular formula is C23H29N5O4. The van der Waals surface area contributed by atoms with E-state index in [0.29, 0.717) is 37.0 Å². The maximum absolute atomic E-state index is 13.3. The molecule has 2 fully saturated rings. The Morgan fingerprint density at radius 2 is 1.81 bits per heavy atom. The summed E-state index contributed by atoms with van der Waals surface area (Å²) >= 11 is 0. The fourth-order valence-corrected chi connectivity index (χ4v) is 4.34. The minimum absolute atomic E-state index is 0.116. The molecule has 3 atom stereocenters. The van der Waals surface area contributed by atoms with Crippen LogP contribution in [-0.4, -0.2) is 83.9 Å². The Morgan fingerprint density at radius 3 is 2.47 bits per heavy atom. The molecule has 2 N–H and O–H groups in total. The van der Waals surface area contributed by atoms with Crippen molar-refractivity contribution in [2.24, 2.45) is 5.92 Å². The van der Waals surface area contributed by atoms with Gasteiger partial charge in [-0.05, 0) is 24.6 Å². The molecule has 1 aromatic heterocycles. The van der Waals surface area contributed by atoms with Gasteiger partial charge in [-0.1, -0.05) is 24.3 Å². The number of hydroxylamine groups is 2. The zero-order chi connectivity index (χ0) is 22.5. The zero-order valence-corrected chi connectivity index (χ0v) is 18.1. The number of rotatable bonds is 5. The van der Waals surface area contributed by atoms with Gasteiger partial charge in [-0.25, -0.2) is 10.0 Å². The van der Waals surface area contributed by atoms with Gasteiger partial charge in [0.25, 0.3) is 5.91 Å². The third kappa shape index (κ3) is 5.00. The van der Waals surface area contributed by atoms with E-state index in [1.54, 1.807) is 23.2 Å². The van der Waals surface area contributed by atoms with Gasteiger partial charge in [-0.3, -0.25) is 14.8 Å². The molecule has 1 aromatic carbocycles. The second kappa shape index (κ2) is 9.97. The summed E-state index contributed by atoms with van der Waals surface area (Å²) in [6, 6.07) is 14.8. The maximum Gasteiger partial charge on any atom is 0.251 e. The molecule has 2 saturated heterocycles. The van der Waals surface area contributed by atoms with Gasteiger partial charge in [-0.15, -0.1) is 0 Å². The lowest BCUT2D eigenvalue weighted by atomic mass is 9.87. The predicted molar refractivity (Wildman–Crippen MR) is 118 cm³/mol. The zero-order valence-electron chi connectivity index (χ0n) is 18.1. The highest BCUT2D eigenvalue weighted by Crippen LogP contribution is 2.24. The van der Waals surface area contributed by atoms with Crippen molar-refractivity contribution in [2.45, 2.75) is 18.6 Å². The summed E-state index contributed by atoms with van der Waals surface area (Å²) in [5.41, 5.74) is 1.14. The number of anilines is 1. The molecular weight excluding hydrogens is 410 g/mol. The number of piperidine rings is 1. The number of amides is 2. The number of pyridine rings is 1. The van der Waals surface area contributed by atoms with E-state index in [-0.39, 0.29) is 12.0 Å². The minimum Gasteiger partial charge on any atom is -0.473 e. The Labute approximate surface area is 187 Å².